The fraction of sp³-hybridized carbons (Fsp3) is 0.357. The summed E-state index contributed by atoms with van der Waals surface area (Å²) in [6.45, 7) is 0.592. The fourth-order valence-electron chi connectivity index (χ4n) is 2.65. The van der Waals surface area contributed by atoms with Crippen molar-refractivity contribution in [2.24, 2.45) is 0 Å². The van der Waals surface area contributed by atoms with Crippen molar-refractivity contribution in [2.75, 3.05) is 6.54 Å². The number of rotatable bonds is 3. The van der Waals surface area contributed by atoms with E-state index in [1.807, 2.05) is 24.3 Å². The molecule has 1 saturated heterocycles. The first-order valence-corrected chi connectivity index (χ1v) is 6.59. The summed E-state index contributed by atoms with van der Waals surface area (Å²) < 4.78 is 1.57. The van der Waals surface area contributed by atoms with Crippen molar-refractivity contribution in [3.63, 3.8) is 0 Å². The third kappa shape index (κ3) is 2.24. The lowest BCUT2D eigenvalue weighted by Crippen LogP contribution is -2.42. The van der Waals surface area contributed by atoms with E-state index in [-0.39, 0.29) is 12.5 Å². The van der Waals surface area contributed by atoms with Crippen LogP contribution < -0.4 is 0 Å². The Bertz CT molecular complexity index is 631. The highest BCUT2D eigenvalue weighted by Crippen LogP contribution is 2.18. The molecule has 1 aromatic heterocycles. The molecule has 2 aromatic rings. The van der Waals surface area contributed by atoms with Crippen LogP contribution >= 0.6 is 0 Å². The van der Waals surface area contributed by atoms with Gasteiger partial charge >= 0.3 is 5.97 Å². The number of aromatic nitrogens is 2. The van der Waals surface area contributed by atoms with Gasteiger partial charge < -0.3 is 10.0 Å². The Morgan fingerprint density at radius 3 is 2.90 bits per heavy atom. The quantitative estimate of drug-likeness (QED) is 0.909. The van der Waals surface area contributed by atoms with E-state index >= 15 is 0 Å². The van der Waals surface area contributed by atoms with Crippen molar-refractivity contribution in [1.29, 1.82) is 0 Å². The van der Waals surface area contributed by atoms with Crippen molar-refractivity contribution in [1.82, 2.24) is 14.7 Å². The molecule has 6 nitrogen and oxygen atoms in total. The Morgan fingerprint density at radius 2 is 2.15 bits per heavy atom. The Morgan fingerprint density at radius 1 is 1.35 bits per heavy atom. The summed E-state index contributed by atoms with van der Waals surface area (Å²) in [7, 11) is 0. The summed E-state index contributed by atoms with van der Waals surface area (Å²) in [5.41, 5.74) is 0.830. The summed E-state index contributed by atoms with van der Waals surface area (Å²) in [5.74, 6) is -1.12. The number of benzene rings is 1. The standard InChI is InChI=1S/C14H15N3O3/c18-13(17-7-3-6-12(17)14(19)20)9-16-8-10-4-1-2-5-11(10)15-16/h1-2,4-5,8,12H,3,6-7,9H2,(H,19,20)/t12-/m0/s1. The van der Waals surface area contributed by atoms with Crippen LogP contribution in [0.4, 0.5) is 0 Å². The normalized spacial score (nSPS) is 18.6. The molecule has 0 saturated carbocycles. The van der Waals surface area contributed by atoms with Crippen LogP contribution in [0.2, 0.25) is 0 Å². The molecule has 1 amide bonds. The van der Waals surface area contributed by atoms with Gasteiger partial charge in [-0.15, -0.1) is 0 Å². The van der Waals surface area contributed by atoms with Gasteiger partial charge in [-0.05, 0) is 18.9 Å². The zero-order valence-electron chi connectivity index (χ0n) is 10.9. The first-order valence-electron chi connectivity index (χ1n) is 6.59. The van der Waals surface area contributed by atoms with E-state index in [2.05, 4.69) is 5.10 Å². The minimum atomic E-state index is -0.929. The minimum Gasteiger partial charge on any atom is -0.480 e. The van der Waals surface area contributed by atoms with Gasteiger partial charge in [-0.2, -0.15) is 5.10 Å². The topological polar surface area (TPSA) is 75.4 Å². The highest BCUT2D eigenvalue weighted by Gasteiger charge is 2.33. The van der Waals surface area contributed by atoms with Crippen LogP contribution in [-0.4, -0.2) is 44.3 Å². The third-order valence-electron chi connectivity index (χ3n) is 3.62. The second-order valence-corrected chi connectivity index (χ2v) is 4.97. The van der Waals surface area contributed by atoms with Crippen LogP contribution in [0, 0.1) is 0 Å². The average molecular weight is 273 g/mol. The van der Waals surface area contributed by atoms with E-state index in [1.165, 1.54) is 4.90 Å². The first kappa shape index (κ1) is 12.7. The second-order valence-electron chi connectivity index (χ2n) is 4.97. The molecule has 1 N–H and O–H groups in total. The predicted molar refractivity (Wildman–Crippen MR) is 72.1 cm³/mol. The summed E-state index contributed by atoms with van der Waals surface area (Å²) in [4.78, 5) is 24.7. The highest BCUT2D eigenvalue weighted by atomic mass is 16.4. The second kappa shape index (κ2) is 4.96. The number of carbonyl (C=O) groups is 2. The molecule has 1 aliphatic rings. The Hall–Kier alpha value is -2.37. The SMILES string of the molecule is O=C(O)[C@@H]1CCCN1C(=O)Cn1cc2ccccc2n1. The Balaban J connectivity index is 1.76. The van der Waals surface area contributed by atoms with Crippen molar-refractivity contribution in [3.8, 4) is 0 Å². The summed E-state index contributed by atoms with van der Waals surface area (Å²) in [5, 5.41) is 14.4. The van der Waals surface area contributed by atoms with Crippen molar-refractivity contribution in [3.05, 3.63) is 30.5 Å². The molecule has 0 spiro atoms. The molecule has 20 heavy (non-hydrogen) atoms. The van der Waals surface area contributed by atoms with Gasteiger partial charge in [0.1, 0.15) is 12.6 Å². The van der Waals surface area contributed by atoms with Crippen LogP contribution in [-0.2, 0) is 16.1 Å². The van der Waals surface area contributed by atoms with Crippen LogP contribution in [0.15, 0.2) is 30.5 Å². The smallest absolute Gasteiger partial charge is 0.326 e. The lowest BCUT2D eigenvalue weighted by Gasteiger charge is -2.21. The molecule has 1 aromatic carbocycles. The van der Waals surface area contributed by atoms with Gasteiger partial charge in [0.25, 0.3) is 0 Å². The lowest BCUT2D eigenvalue weighted by atomic mass is 10.2. The molecule has 0 radical (unpaired) electrons. The van der Waals surface area contributed by atoms with Crippen molar-refractivity contribution in [2.45, 2.75) is 25.4 Å². The van der Waals surface area contributed by atoms with Gasteiger partial charge in [0.2, 0.25) is 5.91 Å². The van der Waals surface area contributed by atoms with Gasteiger partial charge in [0.15, 0.2) is 0 Å². The minimum absolute atomic E-state index is 0.0818. The first-order chi connectivity index (χ1) is 9.65. The van der Waals surface area contributed by atoms with Gasteiger partial charge in [0, 0.05) is 18.1 Å². The number of amides is 1. The van der Waals surface area contributed by atoms with E-state index in [1.54, 1.807) is 10.9 Å². The number of carboxylic acids is 1. The molecule has 0 bridgehead atoms. The Labute approximate surface area is 115 Å². The molecule has 104 valence electrons. The maximum Gasteiger partial charge on any atom is 0.326 e. The zero-order chi connectivity index (χ0) is 14.1. The molecule has 1 fully saturated rings. The van der Waals surface area contributed by atoms with Crippen LogP contribution in [0.5, 0.6) is 0 Å². The molecule has 6 heteroatoms. The summed E-state index contributed by atoms with van der Waals surface area (Å²) >= 11 is 0. The molecule has 2 heterocycles. The molecule has 1 aliphatic heterocycles. The largest absolute Gasteiger partial charge is 0.480 e. The van der Waals surface area contributed by atoms with Gasteiger partial charge in [0.05, 0.1) is 5.52 Å². The predicted octanol–water partition coefficient (Wildman–Crippen LogP) is 1.11. The van der Waals surface area contributed by atoms with Crippen molar-refractivity contribution < 1.29 is 14.7 Å². The van der Waals surface area contributed by atoms with Crippen LogP contribution in [0.1, 0.15) is 12.8 Å². The number of likely N-dealkylation sites (tertiary alicyclic amines) is 1. The Kier molecular flexibility index (Phi) is 3.14. The maximum absolute atomic E-state index is 12.2. The van der Waals surface area contributed by atoms with E-state index in [9.17, 15) is 9.59 Å². The van der Waals surface area contributed by atoms with E-state index in [0.29, 0.717) is 13.0 Å². The number of carboxylic acid groups (broad SMARTS) is 1. The molecule has 1 atom stereocenters. The van der Waals surface area contributed by atoms with Gasteiger partial charge in [-0.25, -0.2) is 4.79 Å². The molecular weight excluding hydrogens is 258 g/mol. The van der Waals surface area contributed by atoms with Gasteiger partial charge in [-0.3, -0.25) is 9.48 Å². The summed E-state index contributed by atoms with van der Waals surface area (Å²) in [6, 6.07) is 6.93. The number of hydrogen-bond acceptors (Lipinski definition) is 3. The summed E-state index contributed by atoms with van der Waals surface area (Å²) in [6.07, 6.45) is 3.07. The fourth-order valence-corrected chi connectivity index (χ4v) is 2.65. The average Bonchev–Trinajstić information content (AvgIpc) is 3.04. The molecule has 3 rings (SSSR count). The molecular formula is C14H15N3O3. The van der Waals surface area contributed by atoms with Crippen molar-refractivity contribution >= 4 is 22.8 Å². The van der Waals surface area contributed by atoms with E-state index in [4.69, 9.17) is 5.11 Å². The van der Waals surface area contributed by atoms with E-state index < -0.39 is 12.0 Å². The number of carbonyl (C=O) groups excluding carboxylic acids is 1. The van der Waals surface area contributed by atoms with Gasteiger partial charge in [-0.1, -0.05) is 18.2 Å². The lowest BCUT2D eigenvalue weighted by molar-refractivity contribution is -0.148. The number of hydrogen-bond donors (Lipinski definition) is 1. The number of nitrogens with zero attached hydrogens (tertiary/aromatic N) is 3. The zero-order valence-corrected chi connectivity index (χ0v) is 10.9. The molecule has 0 unspecified atom stereocenters. The van der Waals surface area contributed by atoms with E-state index in [0.717, 1.165) is 17.3 Å². The van der Waals surface area contributed by atoms with Crippen LogP contribution in [0.25, 0.3) is 10.9 Å². The monoisotopic (exact) mass is 273 g/mol. The molecule has 0 aliphatic carbocycles. The highest BCUT2D eigenvalue weighted by molar-refractivity contribution is 5.84. The van der Waals surface area contributed by atoms with Crippen LogP contribution in [0.3, 0.4) is 0 Å². The maximum atomic E-state index is 12.2. The number of aliphatic carboxylic acids is 1. The third-order valence-corrected chi connectivity index (χ3v) is 3.62. The number of fused-ring (bicyclic) bond motifs is 1.